The Morgan fingerprint density at radius 3 is 1.27 bits per heavy atom. The average Bonchev–Trinajstić information content (AvgIpc) is 2.99. The van der Waals surface area contributed by atoms with Gasteiger partial charge in [-0.2, -0.15) is 0 Å². The molecule has 262 valence electrons. The highest BCUT2D eigenvalue weighted by molar-refractivity contribution is 5.72. The molecule has 0 rings (SSSR count). The third kappa shape index (κ3) is 28.4. The van der Waals surface area contributed by atoms with E-state index < -0.39 is 0 Å². The van der Waals surface area contributed by atoms with Gasteiger partial charge in [-0.3, -0.25) is 9.59 Å². The van der Waals surface area contributed by atoms with E-state index in [-0.39, 0.29) is 17.9 Å². The van der Waals surface area contributed by atoms with Crippen LogP contribution in [0.1, 0.15) is 208 Å². The summed E-state index contributed by atoms with van der Waals surface area (Å²) in [7, 11) is 0. The second-order valence-corrected chi connectivity index (χ2v) is 14.5. The van der Waals surface area contributed by atoms with Crippen molar-refractivity contribution in [2.24, 2.45) is 23.7 Å². The molecule has 0 saturated heterocycles. The first-order valence-electron chi connectivity index (χ1n) is 19.6. The Hall–Kier alpha value is -1.06. The van der Waals surface area contributed by atoms with Gasteiger partial charge in [-0.15, -0.1) is 0 Å². The van der Waals surface area contributed by atoms with Crippen LogP contribution >= 0.6 is 0 Å². The highest BCUT2D eigenvalue weighted by atomic mass is 16.5. The van der Waals surface area contributed by atoms with Crippen LogP contribution < -0.4 is 0 Å². The lowest BCUT2D eigenvalue weighted by molar-refractivity contribution is -0.151. The molecule has 2 atom stereocenters. The van der Waals surface area contributed by atoms with Gasteiger partial charge in [0, 0.05) is 6.42 Å². The summed E-state index contributed by atoms with van der Waals surface area (Å²) in [6, 6.07) is 0. The van der Waals surface area contributed by atoms with Crippen LogP contribution in [-0.4, -0.2) is 25.2 Å². The highest BCUT2D eigenvalue weighted by Gasteiger charge is 2.26. The van der Waals surface area contributed by atoms with Crippen LogP contribution in [0.25, 0.3) is 0 Å². The fraction of sp³-hybridized carbons (Fsp3) is 0.950. The molecule has 0 heterocycles. The maximum Gasteiger partial charge on any atom is 0.309 e. The Morgan fingerprint density at radius 1 is 0.455 bits per heavy atom. The fourth-order valence-electron chi connectivity index (χ4n) is 6.38. The van der Waals surface area contributed by atoms with Crippen molar-refractivity contribution in [2.75, 3.05) is 13.2 Å². The van der Waals surface area contributed by atoms with Crippen molar-refractivity contribution in [3.8, 4) is 0 Å². The van der Waals surface area contributed by atoms with E-state index >= 15 is 0 Å². The van der Waals surface area contributed by atoms with Gasteiger partial charge in [-0.1, -0.05) is 170 Å². The number of unbranched alkanes of at least 4 members (excludes halogenated alkanes) is 17. The lowest BCUT2D eigenvalue weighted by Gasteiger charge is -2.23. The van der Waals surface area contributed by atoms with Gasteiger partial charge < -0.3 is 9.47 Å². The second kappa shape index (κ2) is 31.9. The summed E-state index contributed by atoms with van der Waals surface area (Å²) >= 11 is 0. The van der Waals surface area contributed by atoms with Gasteiger partial charge in [-0.05, 0) is 49.9 Å². The van der Waals surface area contributed by atoms with E-state index in [9.17, 15) is 9.59 Å². The molecular formula is C40H78O4. The van der Waals surface area contributed by atoms with Gasteiger partial charge in [0.05, 0.1) is 19.1 Å². The zero-order valence-corrected chi connectivity index (χ0v) is 30.7. The number of carbonyl (C=O) groups is 2. The molecule has 0 aromatic rings. The largest absolute Gasteiger partial charge is 0.466 e. The molecule has 4 nitrogen and oxygen atoms in total. The summed E-state index contributed by atoms with van der Waals surface area (Å²) in [5.41, 5.74) is 0. The minimum absolute atomic E-state index is 0.000362. The quantitative estimate of drug-likeness (QED) is 0.0539. The number of hydrogen-bond donors (Lipinski definition) is 0. The molecule has 2 unspecified atom stereocenters. The third-order valence-electron chi connectivity index (χ3n) is 9.40. The summed E-state index contributed by atoms with van der Waals surface area (Å²) in [5.74, 6) is 2.15. The first-order valence-corrected chi connectivity index (χ1v) is 19.6. The average molecular weight is 623 g/mol. The molecule has 0 bridgehead atoms. The molecule has 0 amide bonds. The second-order valence-electron chi connectivity index (χ2n) is 14.5. The molecule has 0 spiro atoms. The Labute approximate surface area is 276 Å². The van der Waals surface area contributed by atoms with Crippen molar-refractivity contribution in [3.63, 3.8) is 0 Å². The molecule has 0 saturated carbocycles. The standard InChI is InChI=1S/C40H78O4/c1-7-37(38(8-2)40(42)44-34-28-22-24-30-36(5)6)31-25-19-17-15-13-11-9-10-12-14-16-18-20-26-32-39(41)43-33-27-21-23-29-35(3)4/h35-38H,7-34H2,1-6H3. The Bertz CT molecular complexity index is 629. The molecule has 0 radical (unpaired) electrons. The molecule has 0 aliphatic carbocycles. The van der Waals surface area contributed by atoms with Crippen molar-refractivity contribution in [1.82, 2.24) is 0 Å². The summed E-state index contributed by atoms with van der Waals surface area (Å²) in [5, 5.41) is 0. The van der Waals surface area contributed by atoms with E-state index in [1.807, 2.05) is 0 Å². The van der Waals surface area contributed by atoms with Gasteiger partial charge in [0.2, 0.25) is 0 Å². The van der Waals surface area contributed by atoms with Crippen molar-refractivity contribution < 1.29 is 19.1 Å². The zero-order chi connectivity index (χ0) is 32.7. The molecule has 0 aromatic carbocycles. The van der Waals surface area contributed by atoms with Gasteiger partial charge >= 0.3 is 11.9 Å². The summed E-state index contributed by atoms with van der Waals surface area (Å²) in [6.45, 7) is 14.7. The molecule has 0 aliphatic rings. The molecular weight excluding hydrogens is 544 g/mol. The summed E-state index contributed by atoms with van der Waals surface area (Å²) in [4.78, 5) is 24.6. The van der Waals surface area contributed by atoms with Crippen LogP contribution in [0, 0.1) is 23.7 Å². The number of carbonyl (C=O) groups excluding carboxylic acids is 2. The van der Waals surface area contributed by atoms with E-state index in [4.69, 9.17) is 9.47 Å². The van der Waals surface area contributed by atoms with E-state index in [0.717, 1.165) is 50.4 Å². The van der Waals surface area contributed by atoms with E-state index in [0.29, 0.717) is 25.6 Å². The Kier molecular flexibility index (Phi) is 31.1. The number of ether oxygens (including phenoxy) is 2. The lowest BCUT2D eigenvalue weighted by Crippen LogP contribution is -2.25. The predicted molar refractivity (Wildman–Crippen MR) is 190 cm³/mol. The maximum absolute atomic E-state index is 12.7. The number of esters is 2. The number of rotatable bonds is 33. The number of hydrogen-bond acceptors (Lipinski definition) is 4. The molecule has 0 fully saturated rings. The minimum Gasteiger partial charge on any atom is -0.466 e. The lowest BCUT2D eigenvalue weighted by atomic mass is 9.84. The van der Waals surface area contributed by atoms with Crippen molar-refractivity contribution >= 4 is 11.9 Å². The van der Waals surface area contributed by atoms with Crippen LogP contribution in [0.2, 0.25) is 0 Å². The minimum atomic E-state index is -0.000362. The van der Waals surface area contributed by atoms with Gasteiger partial charge in [-0.25, -0.2) is 0 Å². The Morgan fingerprint density at radius 2 is 0.841 bits per heavy atom. The molecule has 4 heteroatoms. The van der Waals surface area contributed by atoms with Crippen LogP contribution in [0.4, 0.5) is 0 Å². The van der Waals surface area contributed by atoms with E-state index in [1.54, 1.807) is 0 Å². The summed E-state index contributed by atoms with van der Waals surface area (Å²) in [6.07, 6.45) is 31.2. The normalized spacial score (nSPS) is 13.0. The van der Waals surface area contributed by atoms with Crippen LogP contribution in [0.5, 0.6) is 0 Å². The zero-order valence-electron chi connectivity index (χ0n) is 30.7. The van der Waals surface area contributed by atoms with Crippen molar-refractivity contribution in [1.29, 1.82) is 0 Å². The van der Waals surface area contributed by atoms with Crippen molar-refractivity contribution in [3.05, 3.63) is 0 Å². The highest BCUT2D eigenvalue weighted by Crippen LogP contribution is 2.27. The van der Waals surface area contributed by atoms with Gasteiger partial charge in [0.25, 0.3) is 0 Å². The van der Waals surface area contributed by atoms with Crippen LogP contribution in [0.15, 0.2) is 0 Å². The molecule has 0 aliphatic heterocycles. The van der Waals surface area contributed by atoms with E-state index in [1.165, 1.54) is 122 Å². The van der Waals surface area contributed by atoms with Gasteiger partial charge in [0.1, 0.15) is 0 Å². The van der Waals surface area contributed by atoms with E-state index in [2.05, 4.69) is 41.5 Å². The SMILES string of the molecule is CCC(CCCCCCCCCCCCCCCCC(=O)OCCCCCC(C)C)C(CC)C(=O)OCCCCCC(C)C. The monoisotopic (exact) mass is 623 g/mol. The summed E-state index contributed by atoms with van der Waals surface area (Å²) < 4.78 is 11.1. The fourth-order valence-corrected chi connectivity index (χ4v) is 6.38. The van der Waals surface area contributed by atoms with Crippen LogP contribution in [-0.2, 0) is 19.1 Å². The molecule has 0 N–H and O–H groups in total. The van der Waals surface area contributed by atoms with Crippen molar-refractivity contribution in [2.45, 2.75) is 208 Å². The first kappa shape index (κ1) is 42.9. The topological polar surface area (TPSA) is 52.6 Å². The third-order valence-corrected chi connectivity index (χ3v) is 9.40. The maximum atomic E-state index is 12.7. The molecule has 0 aromatic heterocycles. The Balaban J connectivity index is 3.57. The smallest absolute Gasteiger partial charge is 0.309 e. The first-order chi connectivity index (χ1) is 21.3. The van der Waals surface area contributed by atoms with Gasteiger partial charge in [0.15, 0.2) is 0 Å². The predicted octanol–water partition coefficient (Wildman–Crippen LogP) is 12.8. The molecule has 44 heavy (non-hydrogen) atoms. The van der Waals surface area contributed by atoms with Crippen LogP contribution in [0.3, 0.4) is 0 Å².